The minimum absolute atomic E-state index is 0.174. The first kappa shape index (κ1) is 9.07. The van der Waals surface area contributed by atoms with Crippen molar-refractivity contribution in [1.82, 2.24) is 0 Å². The topological polar surface area (TPSA) is 35.2 Å². The lowest BCUT2D eigenvalue weighted by Crippen LogP contribution is -2.31. The Bertz CT molecular complexity index is 212. The lowest BCUT2D eigenvalue weighted by atomic mass is 9.96. The van der Waals surface area contributed by atoms with Crippen molar-refractivity contribution in [3.8, 4) is 0 Å². The molecule has 0 aromatic carbocycles. The van der Waals surface area contributed by atoms with Crippen molar-refractivity contribution in [3.63, 3.8) is 0 Å². The van der Waals surface area contributed by atoms with Gasteiger partial charge in [-0.2, -0.15) is 0 Å². The molecule has 0 aromatic heterocycles. The average Bonchev–Trinajstić information content (AvgIpc) is 2.72. The van der Waals surface area contributed by atoms with E-state index in [4.69, 9.17) is 10.5 Å². The Morgan fingerprint density at radius 1 is 1.54 bits per heavy atom. The standard InChI is InChI=1S/C11H19NO/c1-8-4-5-9(7-8)11(12)10-3-2-6-13-10/h3,8-9,11H,2,4-7,12H2,1H3. The molecule has 1 fully saturated rings. The third-order valence-electron chi connectivity index (χ3n) is 3.30. The first-order chi connectivity index (χ1) is 6.27. The third-order valence-corrected chi connectivity index (χ3v) is 3.30. The van der Waals surface area contributed by atoms with E-state index >= 15 is 0 Å². The van der Waals surface area contributed by atoms with Gasteiger partial charge in [-0.1, -0.05) is 13.3 Å². The quantitative estimate of drug-likeness (QED) is 0.707. The summed E-state index contributed by atoms with van der Waals surface area (Å²) in [5.74, 6) is 2.58. The normalized spacial score (nSPS) is 35.7. The number of rotatable bonds is 2. The highest BCUT2D eigenvalue weighted by atomic mass is 16.5. The van der Waals surface area contributed by atoms with Crippen LogP contribution in [0.15, 0.2) is 11.8 Å². The van der Waals surface area contributed by atoms with E-state index in [9.17, 15) is 0 Å². The number of ether oxygens (including phenoxy) is 1. The summed E-state index contributed by atoms with van der Waals surface area (Å²) in [6.45, 7) is 3.15. The predicted molar refractivity (Wildman–Crippen MR) is 53.1 cm³/mol. The molecular formula is C11H19NO. The summed E-state index contributed by atoms with van der Waals surface area (Å²) in [7, 11) is 0. The Morgan fingerprint density at radius 3 is 2.92 bits per heavy atom. The molecular weight excluding hydrogens is 162 g/mol. The van der Waals surface area contributed by atoms with E-state index in [0.29, 0.717) is 5.92 Å². The fourth-order valence-corrected chi connectivity index (χ4v) is 2.48. The first-order valence-corrected chi connectivity index (χ1v) is 5.36. The Morgan fingerprint density at radius 2 is 2.38 bits per heavy atom. The van der Waals surface area contributed by atoms with Crippen LogP contribution in [0.1, 0.15) is 32.6 Å². The van der Waals surface area contributed by atoms with E-state index in [1.165, 1.54) is 19.3 Å². The highest BCUT2D eigenvalue weighted by Gasteiger charge is 2.30. The van der Waals surface area contributed by atoms with Gasteiger partial charge in [-0.05, 0) is 30.8 Å². The maximum absolute atomic E-state index is 6.15. The summed E-state index contributed by atoms with van der Waals surface area (Å²) < 4.78 is 5.50. The Kier molecular flexibility index (Phi) is 2.58. The van der Waals surface area contributed by atoms with Crippen molar-refractivity contribution in [3.05, 3.63) is 11.8 Å². The zero-order chi connectivity index (χ0) is 9.26. The molecule has 1 heterocycles. The van der Waals surface area contributed by atoms with Gasteiger partial charge >= 0.3 is 0 Å². The van der Waals surface area contributed by atoms with E-state index in [0.717, 1.165) is 24.7 Å². The van der Waals surface area contributed by atoms with Gasteiger partial charge in [0.25, 0.3) is 0 Å². The molecule has 1 saturated carbocycles. The van der Waals surface area contributed by atoms with Gasteiger partial charge in [0.15, 0.2) is 0 Å². The molecule has 2 nitrogen and oxygen atoms in total. The van der Waals surface area contributed by atoms with Gasteiger partial charge < -0.3 is 10.5 Å². The Hall–Kier alpha value is -0.500. The van der Waals surface area contributed by atoms with Crippen molar-refractivity contribution in [2.45, 2.75) is 38.6 Å². The number of hydrogen-bond donors (Lipinski definition) is 1. The second kappa shape index (κ2) is 3.70. The molecule has 2 N–H and O–H groups in total. The molecule has 2 aliphatic rings. The van der Waals surface area contributed by atoms with E-state index in [1.54, 1.807) is 0 Å². The molecule has 13 heavy (non-hydrogen) atoms. The number of hydrogen-bond acceptors (Lipinski definition) is 2. The zero-order valence-electron chi connectivity index (χ0n) is 8.33. The van der Waals surface area contributed by atoms with Gasteiger partial charge in [-0.25, -0.2) is 0 Å². The Labute approximate surface area is 80.1 Å². The average molecular weight is 181 g/mol. The van der Waals surface area contributed by atoms with Crippen LogP contribution in [0, 0.1) is 11.8 Å². The minimum Gasteiger partial charge on any atom is -0.496 e. The molecule has 74 valence electrons. The fraction of sp³-hybridized carbons (Fsp3) is 0.818. The predicted octanol–water partition coefficient (Wildman–Crippen LogP) is 2.05. The minimum atomic E-state index is 0.174. The second-order valence-corrected chi connectivity index (χ2v) is 4.45. The smallest absolute Gasteiger partial charge is 0.109 e. The zero-order valence-corrected chi connectivity index (χ0v) is 8.33. The van der Waals surface area contributed by atoms with Crippen molar-refractivity contribution in [2.75, 3.05) is 6.61 Å². The molecule has 0 aromatic rings. The summed E-state index contributed by atoms with van der Waals surface area (Å²) >= 11 is 0. The summed E-state index contributed by atoms with van der Waals surface area (Å²) in [4.78, 5) is 0. The molecule has 0 saturated heterocycles. The molecule has 3 unspecified atom stereocenters. The van der Waals surface area contributed by atoms with Crippen LogP contribution in [0.2, 0.25) is 0 Å². The van der Waals surface area contributed by atoms with Crippen LogP contribution in [0.3, 0.4) is 0 Å². The van der Waals surface area contributed by atoms with Crippen LogP contribution in [0.4, 0.5) is 0 Å². The summed E-state index contributed by atoms with van der Waals surface area (Å²) in [6, 6.07) is 0.174. The third kappa shape index (κ3) is 1.88. The molecule has 1 aliphatic heterocycles. The summed E-state index contributed by atoms with van der Waals surface area (Å²) in [5, 5.41) is 0. The van der Waals surface area contributed by atoms with E-state index in [2.05, 4.69) is 13.0 Å². The lowest BCUT2D eigenvalue weighted by molar-refractivity contribution is 0.207. The monoisotopic (exact) mass is 181 g/mol. The van der Waals surface area contributed by atoms with Gasteiger partial charge in [0.2, 0.25) is 0 Å². The maximum Gasteiger partial charge on any atom is 0.109 e. The number of nitrogens with two attached hydrogens (primary N) is 1. The van der Waals surface area contributed by atoms with Gasteiger partial charge in [0.1, 0.15) is 5.76 Å². The summed E-state index contributed by atoms with van der Waals surface area (Å²) in [5.41, 5.74) is 6.15. The molecule has 2 rings (SSSR count). The largest absolute Gasteiger partial charge is 0.496 e. The van der Waals surface area contributed by atoms with Crippen molar-refractivity contribution in [2.24, 2.45) is 17.6 Å². The first-order valence-electron chi connectivity index (χ1n) is 5.36. The van der Waals surface area contributed by atoms with E-state index in [-0.39, 0.29) is 6.04 Å². The Balaban J connectivity index is 1.92. The van der Waals surface area contributed by atoms with Crippen molar-refractivity contribution >= 4 is 0 Å². The van der Waals surface area contributed by atoms with Gasteiger partial charge in [0, 0.05) is 6.42 Å². The van der Waals surface area contributed by atoms with Crippen molar-refractivity contribution in [1.29, 1.82) is 0 Å². The van der Waals surface area contributed by atoms with Gasteiger partial charge in [-0.3, -0.25) is 0 Å². The van der Waals surface area contributed by atoms with Crippen molar-refractivity contribution < 1.29 is 4.74 Å². The second-order valence-electron chi connectivity index (χ2n) is 4.45. The maximum atomic E-state index is 6.15. The molecule has 3 atom stereocenters. The molecule has 0 radical (unpaired) electrons. The fourth-order valence-electron chi connectivity index (χ4n) is 2.48. The molecule has 0 spiro atoms. The summed E-state index contributed by atoms with van der Waals surface area (Å²) in [6.07, 6.45) is 7.11. The molecule has 2 heteroatoms. The van der Waals surface area contributed by atoms with E-state index < -0.39 is 0 Å². The van der Waals surface area contributed by atoms with Crippen LogP contribution >= 0.6 is 0 Å². The van der Waals surface area contributed by atoms with E-state index in [1.807, 2.05) is 0 Å². The molecule has 1 aliphatic carbocycles. The SMILES string of the molecule is CC1CCC(C(N)C2=CCCO2)C1. The van der Waals surface area contributed by atoms with Gasteiger partial charge in [0.05, 0.1) is 12.6 Å². The lowest BCUT2D eigenvalue weighted by Gasteiger charge is -2.19. The van der Waals surface area contributed by atoms with Crippen LogP contribution in [0.5, 0.6) is 0 Å². The molecule has 0 bridgehead atoms. The van der Waals surface area contributed by atoms with Gasteiger partial charge in [-0.15, -0.1) is 0 Å². The van der Waals surface area contributed by atoms with Crippen LogP contribution < -0.4 is 5.73 Å². The highest BCUT2D eigenvalue weighted by Crippen LogP contribution is 2.34. The molecule has 0 amide bonds. The van der Waals surface area contributed by atoms with Crippen LogP contribution in [-0.4, -0.2) is 12.6 Å². The van der Waals surface area contributed by atoms with Crippen LogP contribution in [0.25, 0.3) is 0 Å². The highest BCUT2D eigenvalue weighted by molar-refractivity contribution is 5.08. The van der Waals surface area contributed by atoms with Crippen LogP contribution in [-0.2, 0) is 4.74 Å².